The van der Waals surface area contributed by atoms with Crippen molar-refractivity contribution in [3.8, 4) is 0 Å². The molecule has 4 rings (SSSR count). The Kier molecular flexibility index (Phi) is 12.8. The molecule has 6 nitrogen and oxygen atoms in total. The van der Waals surface area contributed by atoms with Gasteiger partial charge in [0.15, 0.2) is 0 Å². The standard InChI is InChI=1S/2C14H19NO2.ClH/c2*1-17-14(16)13(11-7-3-2-4-8-11)12-9-5-6-10-15-12;/h2*2-4,7-8,12-13,15H,5-6,9-10H2,1H3;1H. The highest BCUT2D eigenvalue weighted by molar-refractivity contribution is 5.85. The lowest BCUT2D eigenvalue weighted by molar-refractivity contribution is -0.144. The predicted octanol–water partition coefficient (Wildman–Crippen LogP) is 4.59. The van der Waals surface area contributed by atoms with Crippen molar-refractivity contribution >= 4 is 24.3 Å². The van der Waals surface area contributed by atoms with Gasteiger partial charge in [0.2, 0.25) is 0 Å². The maximum atomic E-state index is 11.9. The van der Waals surface area contributed by atoms with Gasteiger partial charge in [-0.2, -0.15) is 0 Å². The fourth-order valence-corrected chi connectivity index (χ4v) is 4.97. The van der Waals surface area contributed by atoms with Crippen LogP contribution >= 0.6 is 12.4 Å². The van der Waals surface area contributed by atoms with Gasteiger partial charge >= 0.3 is 11.9 Å². The van der Waals surface area contributed by atoms with Crippen LogP contribution < -0.4 is 10.6 Å². The summed E-state index contributed by atoms with van der Waals surface area (Å²) in [5.41, 5.74) is 2.08. The van der Waals surface area contributed by atoms with Crippen molar-refractivity contribution < 1.29 is 19.1 Å². The first kappa shape index (κ1) is 28.8. The lowest BCUT2D eigenvalue weighted by Crippen LogP contribution is -2.42. The number of carbonyl (C=O) groups is 2. The Morgan fingerprint density at radius 1 is 0.686 bits per heavy atom. The zero-order valence-corrected chi connectivity index (χ0v) is 21.6. The van der Waals surface area contributed by atoms with Gasteiger partial charge in [-0.3, -0.25) is 9.59 Å². The van der Waals surface area contributed by atoms with Crippen molar-refractivity contribution in [1.82, 2.24) is 10.6 Å². The number of hydrogen-bond donors (Lipinski definition) is 2. The Morgan fingerprint density at radius 2 is 1.06 bits per heavy atom. The largest absolute Gasteiger partial charge is 0.469 e. The van der Waals surface area contributed by atoms with Crippen molar-refractivity contribution in [2.45, 2.75) is 62.4 Å². The Balaban J connectivity index is 0.000000240. The monoisotopic (exact) mass is 502 g/mol. The first-order valence-electron chi connectivity index (χ1n) is 12.4. The van der Waals surface area contributed by atoms with E-state index < -0.39 is 0 Å². The van der Waals surface area contributed by atoms with E-state index >= 15 is 0 Å². The van der Waals surface area contributed by atoms with Crippen LogP contribution in [-0.2, 0) is 19.1 Å². The van der Waals surface area contributed by atoms with E-state index in [1.807, 2.05) is 60.7 Å². The molecule has 4 unspecified atom stereocenters. The molecule has 2 fully saturated rings. The van der Waals surface area contributed by atoms with Crippen molar-refractivity contribution in [2.24, 2.45) is 0 Å². The first-order chi connectivity index (χ1) is 16.7. The zero-order chi connectivity index (χ0) is 24.2. The molecule has 0 aromatic heterocycles. The third-order valence-corrected chi connectivity index (χ3v) is 6.73. The summed E-state index contributed by atoms with van der Waals surface area (Å²) < 4.78 is 9.88. The smallest absolute Gasteiger partial charge is 0.314 e. The van der Waals surface area contributed by atoms with E-state index in [0.717, 1.165) is 37.1 Å². The molecule has 2 N–H and O–H groups in total. The summed E-state index contributed by atoms with van der Waals surface area (Å²) in [6.45, 7) is 1.98. The minimum Gasteiger partial charge on any atom is -0.469 e. The molecule has 7 heteroatoms. The fraction of sp³-hybridized carbons (Fsp3) is 0.500. The van der Waals surface area contributed by atoms with Crippen LogP contribution in [-0.4, -0.2) is 51.3 Å². The molecule has 2 aliphatic rings. The lowest BCUT2D eigenvalue weighted by Gasteiger charge is -2.29. The number of piperidine rings is 2. The molecule has 0 spiro atoms. The van der Waals surface area contributed by atoms with E-state index in [-0.39, 0.29) is 48.3 Å². The van der Waals surface area contributed by atoms with Crippen LogP contribution in [0.5, 0.6) is 0 Å². The van der Waals surface area contributed by atoms with Crippen LogP contribution in [0.4, 0.5) is 0 Å². The van der Waals surface area contributed by atoms with Gasteiger partial charge in [0.25, 0.3) is 0 Å². The topological polar surface area (TPSA) is 76.7 Å². The number of ether oxygens (including phenoxy) is 2. The van der Waals surface area contributed by atoms with Gasteiger partial charge in [0.05, 0.1) is 26.1 Å². The Labute approximate surface area is 215 Å². The van der Waals surface area contributed by atoms with E-state index in [0.29, 0.717) is 0 Å². The van der Waals surface area contributed by atoms with Crippen LogP contribution in [0.3, 0.4) is 0 Å². The predicted molar refractivity (Wildman–Crippen MR) is 141 cm³/mol. The summed E-state index contributed by atoms with van der Waals surface area (Å²) in [4.78, 5) is 23.9. The van der Waals surface area contributed by atoms with Gasteiger partial charge < -0.3 is 20.1 Å². The molecular formula is C28H39ClN2O4. The van der Waals surface area contributed by atoms with Crippen molar-refractivity contribution in [3.63, 3.8) is 0 Å². The third kappa shape index (κ3) is 8.34. The minimum absolute atomic E-state index is 0. The number of nitrogens with one attached hydrogen (secondary N) is 2. The van der Waals surface area contributed by atoms with E-state index in [4.69, 9.17) is 9.47 Å². The van der Waals surface area contributed by atoms with Crippen molar-refractivity contribution in [2.75, 3.05) is 27.3 Å². The molecule has 4 atom stereocenters. The number of rotatable bonds is 6. The SMILES string of the molecule is COC(=O)C(c1ccccc1)C1CCCCN1.COC(=O)C(c1ccccc1)C1CCCCN1.Cl. The number of halogens is 1. The Hall–Kier alpha value is -2.41. The number of methoxy groups -OCH3 is 2. The first-order valence-corrected chi connectivity index (χ1v) is 12.4. The van der Waals surface area contributed by atoms with Gasteiger partial charge in [-0.05, 0) is 49.9 Å². The van der Waals surface area contributed by atoms with Gasteiger partial charge in [0.1, 0.15) is 0 Å². The number of hydrogen-bond acceptors (Lipinski definition) is 6. The minimum atomic E-state index is -0.179. The quantitative estimate of drug-likeness (QED) is 0.562. The molecule has 2 aromatic carbocycles. The fourth-order valence-electron chi connectivity index (χ4n) is 4.97. The second kappa shape index (κ2) is 15.6. The molecule has 0 saturated carbocycles. The van der Waals surface area contributed by atoms with E-state index in [1.54, 1.807) is 0 Å². The molecule has 2 heterocycles. The molecule has 0 radical (unpaired) electrons. The zero-order valence-electron chi connectivity index (χ0n) is 20.8. The van der Waals surface area contributed by atoms with Crippen molar-refractivity contribution in [3.05, 3.63) is 71.8 Å². The summed E-state index contributed by atoms with van der Waals surface area (Å²) >= 11 is 0. The molecule has 2 aromatic rings. The van der Waals surface area contributed by atoms with Gasteiger partial charge in [-0.25, -0.2) is 0 Å². The Morgan fingerprint density at radius 3 is 1.34 bits per heavy atom. The molecule has 2 aliphatic heterocycles. The molecule has 2 saturated heterocycles. The highest BCUT2D eigenvalue weighted by Gasteiger charge is 2.32. The summed E-state index contributed by atoms with van der Waals surface area (Å²) in [7, 11) is 2.92. The highest BCUT2D eigenvalue weighted by Crippen LogP contribution is 2.27. The normalized spacial score (nSPS) is 21.2. The molecular weight excluding hydrogens is 464 g/mol. The van der Waals surface area contributed by atoms with Crippen LogP contribution in [0.2, 0.25) is 0 Å². The summed E-state index contributed by atoms with van der Waals surface area (Å²) in [6.07, 6.45) is 6.82. The second-order valence-corrected chi connectivity index (χ2v) is 8.94. The summed E-state index contributed by atoms with van der Waals surface area (Å²) in [6, 6.07) is 20.2. The summed E-state index contributed by atoms with van der Waals surface area (Å²) in [5, 5.41) is 6.86. The number of benzene rings is 2. The molecule has 0 amide bonds. The third-order valence-electron chi connectivity index (χ3n) is 6.73. The van der Waals surface area contributed by atoms with E-state index in [1.165, 1.54) is 39.9 Å². The van der Waals surface area contributed by atoms with E-state index in [2.05, 4.69) is 10.6 Å². The molecule has 192 valence electrons. The maximum Gasteiger partial charge on any atom is 0.314 e. The van der Waals surface area contributed by atoms with Crippen LogP contribution in [0.25, 0.3) is 0 Å². The average molecular weight is 503 g/mol. The van der Waals surface area contributed by atoms with E-state index in [9.17, 15) is 9.59 Å². The highest BCUT2D eigenvalue weighted by atomic mass is 35.5. The molecule has 0 aliphatic carbocycles. The van der Waals surface area contributed by atoms with Gasteiger partial charge in [-0.1, -0.05) is 73.5 Å². The average Bonchev–Trinajstić information content (AvgIpc) is 2.91. The van der Waals surface area contributed by atoms with Crippen LogP contribution in [0, 0.1) is 0 Å². The summed E-state index contributed by atoms with van der Waals surface area (Å²) in [5.74, 6) is -0.644. The second-order valence-electron chi connectivity index (χ2n) is 8.94. The Bertz CT molecular complexity index is 796. The van der Waals surface area contributed by atoms with Crippen LogP contribution in [0.15, 0.2) is 60.7 Å². The van der Waals surface area contributed by atoms with Gasteiger partial charge in [-0.15, -0.1) is 12.4 Å². The van der Waals surface area contributed by atoms with Gasteiger partial charge in [0, 0.05) is 12.1 Å². The number of esters is 2. The molecule has 35 heavy (non-hydrogen) atoms. The van der Waals surface area contributed by atoms with Crippen molar-refractivity contribution in [1.29, 1.82) is 0 Å². The lowest BCUT2D eigenvalue weighted by atomic mass is 9.86. The molecule has 0 bridgehead atoms. The maximum absolute atomic E-state index is 11.9. The van der Waals surface area contributed by atoms with Crippen LogP contribution in [0.1, 0.15) is 61.5 Å². The number of carbonyl (C=O) groups excluding carboxylic acids is 2.